The summed E-state index contributed by atoms with van der Waals surface area (Å²) in [6.45, 7) is 0. The molecule has 0 radical (unpaired) electrons. The van der Waals surface area contributed by atoms with Gasteiger partial charge < -0.3 is 5.32 Å². The van der Waals surface area contributed by atoms with Crippen molar-refractivity contribution in [2.45, 2.75) is 5.16 Å². The van der Waals surface area contributed by atoms with Crippen LogP contribution in [-0.2, 0) is 4.79 Å². The van der Waals surface area contributed by atoms with Gasteiger partial charge in [-0.3, -0.25) is 9.36 Å². The standard InChI is InChI=1S/C16H12Cl2N4OS/c17-13-7-6-11(8-14(13)18)20-15(23)9-24-16-21-19-10-22(16)12-4-2-1-3-5-12/h1-8,10H,9H2,(H,20,23). The van der Waals surface area contributed by atoms with Crippen molar-refractivity contribution >= 4 is 46.6 Å². The van der Waals surface area contributed by atoms with E-state index in [-0.39, 0.29) is 11.7 Å². The Hall–Kier alpha value is -2.02. The molecule has 0 aliphatic carbocycles. The molecular weight excluding hydrogens is 367 g/mol. The molecule has 1 N–H and O–H groups in total. The number of amides is 1. The predicted octanol–water partition coefficient (Wildman–Crippen LogP) is 4.30. The first kappa shape index (κ1) is 16.8. The molecule has 8 heteroatoms. The van der Waals surface area contributed by atoms with Crippen LogP contribution in [0.15, 0.2) is 60.0 Å². The lowest BCUT2D eigenvalue weighted by atomic mass is 10.3. The van der Waals surface area contributed by atoms with Crippen LogP contribution >= 0.6 is 35.0 Å². The number of rotatable bonds is 5. The fraction of sp³-hybridized carbons (Fsp3) is 0.0625. The van der Waals surface area contributed by atoms with Crippen LogP contribution in [0.1, 0.15) is 0 Å². The molecule has 0 bridgehead atoms. The van der Waals surface area contributed by atoms with Crippen LogP contribution in [0.25, 0.3) is 5.69 Å². The maximum Gasteiger partial charge on any atom is 0.234 e. The van der Waals surface area contributed by atoms with E-state index in [0.717, 1.165) is 5.69 Å². The third-order valence-corrected chi connectivity index (χ3v) is 4.77. The van der Waals surface area contributed by atoms with Crippen molar-refractivity contribution in [1.29, 1.82) is 0 Å². The molecule has 1 amide bonds. The van der Waals surface area contributed by atoms with Gasteiger partial charge in [-0.15, -0.1) is 10.2 Å². The molecule has 0 saturated heterocycles. The second-order valence-corrected chi connectivity index (χ2v) is 6.54. The molecule has 0 saturated carbocycles. The van der Waals surface area contributed by atoms with E-state index >= 15 is 0 Å². The minimum absolute atomic E-state index is 0.166. The Kier molecular flexibility index (Phi) is 5.40. The van der Waals surface area contributed by atoms with E-state index < -0.39 is 0 Å². The molecule has 3 rings (SSSR count). The third-order valence-electron chi connectivity index (χ3n) is 3.09. The summed E-state index contributed by atoms with van der Waals surface area (Å²) < 4.78 is 1.83. The van der Waals surface area contributed by atoms with E-state index in [9.17, 15) is 4.79 Å². The molecule has 1 aromatic heterocycles. The molecule has 0 unspecified atom stereocenters. The molecule has 3 aromatic rings. The van der Waals surface area contributed by atoms with Gasteiger partial charge in [-0.25, -0.2) is 0 Å². The van der Waals surface area contributed by atoms with E-state index in [1.807, 2.05) is 34.9 Å². The number of aromatic nitrogens is 3. The van der Waals surface area contributed by atoms with Crippen molar-refractivity contribution < 1.29 is 4.79 Å². The summed E-state index contributed by atoms with van der Waals surface area (Å²) in [5.41, 5.74) is 1.54. The maximum atomic E-state index is 12.1. The minimum atomic E-state index is -0.166. The molecular formula is C16H12Cl2N4OS. The van der Waals surface area contributed by atoms with E-state index in [1.165, 1.54) is 11.8 Å². The van der Waals surface area contributed by atoms with Crippen molar-refractivity contribution in [3.05, 3.63) is 64.9 Å². The summed E-state index contributed by atoms with van der Waals surface area (Å²) in [4.78, 5) is 12.1. The number of carbonyl (C=O) groups excluding carboxylic acids is 1. The Morgan fingerprint density at radius 1 is 1.12 bits per heavy atom. The fourth-order valence-corrected chi connectivity index (χ4v) is 3.02. The number of halogens is 2. The van der Waals surface area contributed by atoms with Crippen LogP contribution in [0.5, 0.6) is 0 Å². The average Bonchev–Trinajstić information content (AvgIpc) is 3.06. The minimum Gasteiger partial charge on any atom is -0.325 e. The van der Waals surface area contributed by atoms with Gasteiger partial charge in [0.15, 0.2) is 5.16 Å². The molecule has 2 aromatic carbocycles. The van der Waals surface area contributed by atoms with Gasteiger partial charge in [-0.2, -0.15) is 0 Å². The van der Waals surface area contributed by atoms with Crippen LogP contribution in [0.2, 0.25) is 10.0 Å². The first-order valence-corrected chi connectivity index (χ1v) is 8.71. The van der Waals surface area contributed by atoms with Crippen LogP contribution in [-0.4, -0.2) is 26.4 Å². The lowest BCUT2D eigenvalue weighted by Gasteiger charge is -2.07. The van der Waals surface area contributed by atoms with E-state index in [0.29, 0.717) is 20.9 Å². The summed E-state index contributed by atoms with van der Waals surface area (Å²) in [5, 5.41) is 12.2. The van der Waals surface area contributed by atoms with Gasteiger partial charge in [0.1, 0.15) is 6.33 Å². The van der Waals surface area contributed by atoms with Crippen molar-refractivity contribution in [1.82, 2.24) is 14.8 Å². The maximum absolute atomic E-state index is 12.1. The van der Waals surface area contributed by atoms with Gasteiger partial charge in [0.2, 0.25) is 5.91 Å². The monoisotopic (exact) mass is 378 g/mol. The van der Waals surface area contributed by atoms with Crippen molar-refractivity contribution in [2.75, 3.05) is 11.1 Å². The van der Waals surface area contributed by atoms with Crippen molar-refractivity contribution in [3.8, 4) is 5.69 Å². The number of nitrogens with zero attached hydrogens (tertiary/aromatic N) is 3. The van der Waals surface area contributed by atoms with Crippen LogP contribution in [0.4, 0.5) is 5.69 Å². The van der Waals surface area contributed by atoms with Crippen LogP contribution in [0.3, 0.4) is 0 Å². The van der Waals surface area contributed by atoms with E-state index in [2.05, 4.69) is 15.5 Å². The van der Waals surface area contributed by atoms with Gasteiger partial charge in [-0.1, -0.05) is 53.2 Å². The van der Waals surface area contributed by atoms with Gasteiger partial charge in [0.05, 0.1) is 15.8 Å². The summed E-state index contributed by atoms with van der Waals surface area (Å²) in [5.74, 6) is 0.0344. The number of benzene rings is 2. The first-order valence-electron chi connectivity index (χ1n) is 6.96. The molecule has 0 fully saturated rings. The zero-order valence-corrected chi connectivity index (χ0v) is 14.6. The topological polar surface area (TPSA) is 59.8 Å². The zero-order chi connectivity index (χ0) is 16.9. The largest absolute Gasteiger partial charge is 0.325 e. The number of anilines is 1. The normalized spacial score (nSPS) is 10.6. The van der Waals surface area contributed by atoms with Crippen molar-refractivity contribution in [3.63, 3.8) is 0 Å². The van der Waals surface area contributed by atoms with Gasteiger partial charge in [-0.05, 0) is 30.3 Å². The number of nitrogens with one attached hydrogen (secondary N) is 1. The lowest BCUT2D eigenvalue weighted by Crippen LogP contribution is -2.14. The summed E-state index contributed by atoms with van der Waals surface area (Å²) >= 11 is 13.1. The molecule has 5 nitrogen and oxygen atoms in total. The number of thioether (sulfide) groups is 1. The van der Waals surface area contributed by atoms with Gasteiger partial charge in [0.25, 0.3) is 0 Å². The Balaban J connectivity index is 1.63. The summed E-state index contributed by atoms with van der Waals surface area (Å²) in [7, 11) is 0. The molecule has 0 spiro atoms. The van der Waals surface area contributed by atoms with Crippen molar-refractivity contribution in [2.24, 2.45) is 0 Å². The Labute approximate surface area is 153 Å². The molecule has 0 atom stereocenters. The van der Waals surface area contributed by atoms with Crippen LogP contribution in [0, 0.1) is 0 Å². The molecule has 1 heterocycles. The highest BCUT2D eigenvalue weighted by atomic mass is 35.5. The Morgan fingerprint density at radius 2 is 1.92 bits per heavy atom. The number of para-hydroxylation sites is 1. The molecule has 0 aliphatic rings. The number of carbonyl (C=O) groups is 1. The quantitative estimate of drug-likeness (QED) is 0.672. The lowest BCUT2D eigenvalue weighted by molar-refractivity contribution is -0.113. The predicted molar refractivity (Wildman–Crippen MR) is 97.2 cm³/mol. The summed E-state index contributed by atoms with van der Waals surface area (Å²) in [6, 6.07) is 14.6. The summed E-state index contributed by atoms with van der Waals surface area (Å²) in [6.07, 6.45) is 1.62. The second kappa shape index (κ2) is 7.70. The average molecular weight is 379 g/mol. The molecule has 122 valence electrons. The Morgan fingerprint density at radius 3 is 2.67 bits per heavy atom. The zero-order valence-electron chi connectivity index (χ0n) is 12.3. The van der Waals surface area contributed by atoms with Gasteiger partial charge >= 0.3 is 0 Å². The highest BCUT2D eigenvalue weighted by Crippen LogP contribution is 2.25. The van der Waals surface area contributed by atoms with E-state index in [1.54, 1.807) is 24.5 Å². The van der Waals surface area contributed by atoms with E-state index in [4.69, 9.17) is 23.2 Å². The highest BCUT2D eigenvalue weighted by Gasteiger charge is 2.10. The Bertz CT molecular complexity index is 854. The van der Waals surface area contributed by atoms with Crippen LogP contribution < -0.4 is 5.32 Å². The molecule has 24 heavy (non-hydrogen) atoms. The highest BCUT2D eigenvalue weighted by molar-refractivity contribution is 7.99. The first-order chi connectivity index (χ1) is 11.6. The third kappa shape index (κ3) is 4.08. The number of hydrogen-bond donors (Lipinski definition) is 1. The number of hydrogen-bond acceptors (Lipinski definition) is 4. The molecule has 0 aliphatic heterocycles. The van der Waals surface area contributed by atoms with Gasteiger partial charge in [0, 0.05) is 11.4 Å². The second-order valence-electron chi connectivity index (χ2n) is 4.78. The fourth-order valence-electron chi connectivity index (χ4n) is 1.99. The SMILES string of the molecule is O=C(CSc1nncn1-c1ccccc1)Nc1ccc(Cl)c(Cl)c1. The smallest absolute Gasteiger partial charge is 0.234 e.